The average Bonchev–Trinajstić information content (AvgIpc) is 2.29. The van der Waals surface area contributed by atoms with Gasteiger partial charge < -0.3 is 10.1 Å². The fraction of sp³-hybridized carbons (Fsp3) is 0.333. The quantitative estimate of drug-likeness (QED) is 0.437. The summed E-state index contributed by atoms with van der Waals surface area (Å²) in [5, 5.41) is 3.22. The first kappa shape index (κ1) is 12.1. The van der Waals surface area contributed by atoms with E-state index in [1.54, 1.807) is 0 Å². The molecular weight excluding hydrogens is 210 g/mol. The molecule has 0 unspecified atom stereocenters. The SMILES string of the molecule is ClC/C=C/CNCCOc1ccccc1. The molecule has 3 heteroatoms. The van der Waals surface area contributed by atoms with E-state index in [9.17, 15) is 0 Å². The number of hydrogen-bond donors (Lipinski definition) is 1. The van der Waals surface area contributed by atoms with Gasteiger partial charge in [0, 0.05) is 19.0 Å². The molecule has 0 saturated carbocycles. The maximum absolute atomic E-state index is 5.50. The van der Waals surface area contributed by atoms with Gasteiger partial charge >= 0.3 is 0 Å². The van der Waals surface area contributed by atoms with Crippen molar-refractivity contribution in [2.24, 2.45) is 0 Å². The Balaban J connectivity index is 2.00. The fourth-order valence-corrected chi connectivity index (χ4v) is 1.22. The van der Waals surface area contributed by atoms with Crippen molar-refractivity contribution in [3.8, 4) is 5.75 Å². The summed E-state index contributed by atoms with van der Waals surface area (Å²) < 4.78 is 5.50. The van der Waals surface area contributed by atoms with E-state index in [2.05, 4.69) is 5.32 Å². The highest BCUT2D eigenvalue weighted by Gasteiger charge is 1.89. The second-order valence-electron chi connectivity index (χ2n) is 2.99. The lowest BCUT2D eigenvalue weighted by molar-refractivity contribution is 0.316. The molecule has 0 aromatic heterocycles. The van der Waals surface area contributed by atoms with E-state index in [0.717, 1.165) is 18.8 Å². The highest BCUT2D eigenvalue weighted by Crippen LogP contribution is 2.07. The molecule has 0 amide bonds. The van der Waals surface area contributed by atoms with Crippen LogP contribution in [0.1, 0.15) is 0 Å². The first-order valence-electron chi connectivity index (χ1n) is 5.03. The monoisotopic (exact) mass is 225 g/mol. The van der Waals surface area contributed by atoms with Crippen LogP contribution in [0.3, 0.4) is 0 Å². The Morgan fingerprint density at radius 1 is 1.20 bits per heavy atom. The van der Waals surface area contributed by atoms with E-state index < -0.39 is 0 Å². The number of ether oxygens (including phenoxy) is 1. The topological polar surface area (TPSA) is 21.3 Å². The van der Waals surface area contributed by atoms with Crippen molar-refractivity contribution in [2.75, 3.05) is 25.6 Å². The van der Waals surface area contributed by atoms with Crippen LogP contribution in [0.4, 0.5) is 0 Å². The number of para-hydroxylation sites is 1. The lowest BCUT2D eigenvalue weighted by atomic mass is 10.3. The normalized spacial score (nSPS) is 10.7. The Morgan fingerprint density at radius 3 is 2.73 bits per heavy atom. The highest BCUT2D eigenvalue weighted by molar-refractivity contribution is 6.18. The van der Waals surface area contributed by atoms with Crippen molar-refractivity contribution in [3.05, 3.63) is 42.5 Å². The lowest BCUT2D eigenvalue weighted by Crippen LogP contribution is -2.20. The molecule has 15 heavy (non-hydrogen) atoms. The third-order valence-electron chi connectivity index (χ3n) is 1.81. The van der Waals surface area contributed by atoms with Gasteiger partial charge in [-0.25, -0.2) is 0 Å². The molecule has 0 aliphatic rings. The molecular formula is C12H16ClNO. The summed E-state index contributed by atoms with van der Waals surface area (Å²) in [6.07, 6.45) is 3.93. The van der Waals surface area contributed by atoms with Crippen LogP contribution < -0.4 is 10.1 Å². The van der Waals surface area contributed by atoms with Gasteiger partial charge in [0.1, 0.15) is 12.4 Å². The van der Waals surface area contributed by atoms with Gasteiger partial charge in [0.25, 0.3) is 0 Å². The Morgan fingerprint density at radius 2 is 2.00 bits per heavy atom. The van der Waals surface area contributed by atoms with Crippen molar-refractivity contribution < 1.29 is 4.74 Å². The zero-order chi connectivity index (χ0) is 10.8. The molecule has 0 aliphatic carbocycles. The summed E-state index contributed by atoms with van der Waals surface area (Å²) in [6.45, 7) is 2.35. The molecule has 0 fully saturated rings. The van der Waals surface area contributed by atoms with Gasteiger partial charge in [-0.3, -0.25) is 0 Å². The smallest absolute Gasteiger partial charge is 0.119 e. The molecule has 1 aromatic rings. The van der Waals surface area contributed by atoms with Crippen LogP contribution in [0.25, 0.3) is 0 Å². The van der Waals surface area contributed by atoms with Crippen LogP contribution in [0.15, 0.2) is 42.5 Å². The number of benzene rings is 1. The number of allylic oxidation sites excluding steroid dienone is 1. The maximum atomic E-state index is 5.50. The van der Waals surface area contributed by atoms with Crippen LogP contribution in [0.2, 0.25) is 0 Å². The third-order valence-corrected chi connectivity index (χ3v) is 1.99. The van der Waals surface area contributed by atoms with Crippen molar-refractivity contribution in [3.63, 3.8) is 0 Å². The third kappa shape index (κ3) is 6.15. The molecule has 0 saturated heterocycles. The lowest BCUT2D eigenvalue weighted by Gasteiger charge is -2.05. The summed E-state index contributed by atoms with van der Waals surface area (Å²) >= 11 is 5.48. The largest absolute Gasteiger partial charge is 0.492 e. The molecule has 1 N–H and O–H groups in total. The molecule has 0 spiro atoms. The molecule has 0 heterocycles. The van der Waals surface area contributed by atoms with Crippen molar-refractivity contribution in [1.82, 2.24) is 5.32 Å². The minimum absolute atomic E-state index is 0.572. The Hall–Kier alpha value is -0.990. The predicted octanol–water partition coefficient (Wildman–Crippen LogP) is 2.45. The van der Waals surface area contributed by atoms with Gasteiger partial charge in [-0.1, -0.05) is 30.4 Å². The van der Waals surface area contributed by atoms with Crippen LogP contribution in [-0.4, -0.2) is 25.6 Å². The Kier molecular flexibility index (Phi) is 6.71. The number of alkyl halides is 1. The van der Waals surface area contributed by atoms with Gasteiger partial charge in [0.2, 0.25) is 0 Å². The highest BCUT2D eigenvalue weighted by atomic mass is 35.5. The van der Waals surface area contributed by atoms with Crippen molar-refractivity contribution in [1.29, 1.82) is 0 Å². The Labute approximate surface area is 95.9 Å². The van der Waals surface area contributed by atoms with E-state index in [-0.39, 0.29) is 0 Å². The fourth-order valence-electron chi connectivity index (χ4n) is 1.09. The van der Waals surface area contributed by atoms with Gasteiger partial charge in [-0.15, -0.1) is 11.6 Å². The van der Waals surface area contributed by atoms with Crippen LogP contribution in [-0.2, 0) is 0 Å². The standard InChI is InChI=1S/C12H16ClNO/c13-8-4-5-9-14-10-11-15-12-6-2-1-3-7-12/h1-7,14H,8-11H2/b5-4+. The minimum Gasteiger partial charge on any atom is -0.492 e. The molecule has 2 nitrogen and oxygen atoms in total. The predicted molar refractivity (Wildman–Crippen MR) is 64.7 cm³/mol. The van der Waals surface area contributed by atoms with E-state index in [0.29, 0.717) is 12.5 Å². The number of halogens is 1. The Bertz CT molecular complexity index is 274. The summed E-state index contributed by atoms with van der Waals surface area (Å²) in [5.41, 5.74) is 0. The minimum atomic E-state index is 0.572. The van der Waals surface area contributed by atoms with E-state index in [1.165, 1.54) is 0 Å². The second-order valence-corrected chi connectivity index (χ2v) is 3.30. The molecule has 0 radical (unpaired) electrons. The first-order valence-corrected chi connectivity index (χ1v) is 5.56. The van der Waals surface area contributed by atoms with Gasteiger partial charge in [-0.05, 0) is 12.1 Å². The molecule has 82 valence electrons. The second kappa shape index (κ2) is 8.33. The first-order chi connectivity index (χ1) is 7.43. The van der Waals surface area contributed by atoms with E-state index in [4.69, 9.17) is 16.3 Å². The van der Waals surface area contributed by atoms with Gasteiger partial charge in [0.15, 0.2) is 0 Å². The molecule has 1 aromatic carbocycles. The van der Waals surface area contributed by atoms with E-state index >= 15 is 0 Å². The van der Waals surface area contributed by atoms with Gasteiger partial charge in [-0.2, -0.15) is 0 Å². The van der Waals surface area contributed by atoms with Crippen molar-refractivity contribution >= 4 is 11.6 Å². The molecule has 1 rings (SSSR count). The van der Waals surface area contributed by atoms with Gasteiger partial charge in [0.05, 0.1) is 0 Å². The number of rotatable bonds is 7. The maximum Gasteiger partial charge on any atom is 0.119 e. The summed E-state index contributed by atoms with van der Waals surface area (Å²) in [6, 6.07) is 9.81. The van der Waals surface area contributed by atoms with Crippen LogP contribution >= 0.6 is 11.6 Å². The van der Waals surface area contributed by atoms with Crippen molar-refractivity contribution in [2.45, 2.75) is 0 Å². The van der Waals surface area contributed by atoms with Crippen LogP contribution in [0, 0.1) is 0 Å². The number of nitrogens with one attached hydrogen (secondary N) is 1. The molecule has 0 bridgehead atoms. The summed E-state index contributed by atoms with van der Waals surface area (Å²) in [4.78, 5) is 0. The average molecular weight is 226 g/mol. The zero-order valence-corrected chi connectivity index (χ0v) is 9.41. The molecule has 0 atom stereocenters. The zero-order valence-electron chi connectivity index (χ0n) is 8.66. The summed E-state index contributed by atoms with van der Waals surface area (Å²) in [5.74, 6) is 1.48. The van der Waals surface area contributed by atoms with Crippen LogP contribution in [0.5, 0.6) is 5.75 Å². The number of hydrogen-bond acceptors (Lipinski definition) is 2. The van der Waals surface area contributed by atoms with E-state index in [1.807, 2.05) is 42.5 Å². The summed E-state index contributed by atoms with van der Waals surface area (Å²) in [7, 11) is 0. The molecule has 0 aliphatic heterocycles.